The van der Waals surface area contributed by atoms with Crippen molar-refractivity contribution < 1.29 is 14.3 Å². The van der Waals surface area contributed by atoms with Crippen molar-refractivity contribution in [3.8, 4) is 5.75 Å². The molecule has 6 nitrogen and oxygen atoms in total. The van der Waals surface area contributed by atoms with Crippen LogP contribution in [0.5, 0.6) is 5.75 Å². The van der Waals surface area contributed by atoms with E-state index in [1.54, 1.807) is 12.1 Å². The lowest BCUT2D eigenvalue weighted by molar-refractivity contribution is -0.124. The largest absolute Gasteiger partial charge is 0.484 e. The Kier molecular flexibility index (Phi) is 8.49. The van der Waals surface area contributed by atoms with Crippen molar-refractivity contribution in [1.29, 1.82) is 0 Å². The number of unbranched alkanes of at least 4 members (excludes halogenated alkanes) is 1. The van der Waals surface area contributed by atoms with Gasteiger partial charge >= 0.3 is 0 Å². The fraction of sp³-hybridized carbons (Fsp3) is 0.438. The fourth-order valence-corrected chi connectivity index (χ4v) is 2.13. The van der Waals surface area contributed by atoms with Crippen LogP contribution >= 0.6 is 23.8 Å². The maximum Gasteiger partial charge on any atom is 0.276 e. The highest BCUT2D eigenvalue weighted by atomic mass is 35.5. The minimum Gasteiger partial charge on any atom is -0.484 e. The summed E-state index contributed by atoms with van der Waals surface area (Å²) in [6, 6.07) is 3.52. The molecule has 0 heterocycles. The SMILES string of the molecule is CCCCC(=O)NC(=S)NNC(=O)COc1cc(C)c(Cl)c(C)c1. The molecule has 0 saturated carbocycles. The summed E-state index contributed by atoms with van der Waals surface area (Å²) >= 11 is 11.0. The van der Waals surface area contributed by atoms with Gasteiger partial charge in [0.2, 0.25) is 5.91 Å². The minimum atomic E-state index is -0.426. The first-order chi connectivity index (χ1) is 11.3. The second kappa shape index (κ2) is 10.1. The molecule has 0 unspecified atom stereocenters. The third-order valence-corrected chi connectivity index (χ3v) is 3.91. The molecule has 0 aromatic heterocycles. The number of halogens is 1. The normalized spacial score (nSPS) is 10.0. The number of nitrogens with one attached hydrogen (secondary N) is 3. The van der Waals surface area contributed by atoms with Gasteiger partial charge in [-0.2, -0.15) is 0 Å². The number of hydrogen-bond acceptors (Lipinski definition) is 4. The standard InChI is InChI=1S/C16H22ClN3O3S/c1-4-5-6-13(21)18-16(24)20-19-14(22)9-23-12-7-10(2)15(17)11(3)8-12/h7-8H,4-6,9H2,1-3H3,(H,19,22)(H2,18,20,21,24). The number of ether oxygens (including phenoxy) is 1. The van der Waals surface area contributed by atoms with E-state index in [-0.39, 0.29) is 17.6 Å². The molecule has 0 aliphatic carbocycles. The molecule has 0 fully saturated rings. The predicted molar refractivity (Wildman–Crippen MR) is 98.0 cm³/mol. The Morgan fingerprint density at radius 2 is 1.79 bits per heavy atom. The minimum absolute atomic E-state index is 0.0441. The van der Waals surface area contributed by atoms with Crippen LogP contribution in [-0.2, 0) is 9.59 Å². The number of rotatable bonds is 6. The molecule has 24 heavy (non-hydrogen) atoms. The van der Waals surface area contributed by atoms with Crippen molar-refractivity contribution in [1.82, 2.24) is 16.2 Å². The second-order valence-electron chi connectivity index (χ2n) is 5.31. The van der Waals surface area contributed by atoms with E-state index in [9.17, 15) is 9.59 Å². The summed E-state index contributed by atoms with van der Waals surface area (Å²) in [7, 11) is 0. The van der Waals surface area contributed by atoms with Gasteiger partial charge in [-0.25, -0.2) is 0 Å². The Balaban J connectivity index is 2.34. The summed E-state index contributed by atoms with van der Waals surface area (Å²) in [6.45, 7) is 5.53. The van der Waals surface area contributed by atoms with Gasteiger partial charge in [-0.05, 0) is 55.7 Å². The molecule has 0 saturated heterocycles. The van der Waals surface area contributed by atoms with Crippen LogP contribution in [0.15, 0.2) is 12.1 Å². The molecule has 0 aliphatic rings. The molecule has 0 spiro atoms. The number of benzene rings is 1. The number of amides is 2. The van der Waals surface area contributed by atoms with Crippen LogP contribution in [0.3, 0.4) is 0 Å². The Hall–Kier alpha value is -1.86. The first-order valence-electron chi connectivity index (χ1n) is 7.61. The summed E-state index contributed by atoms with van der Waals surface area (Å²) in [6.07, 6.45) is 2.10. The quantitative estimate of drug-likeness (QED) is 0.529. The van der Waals surface area contributed by atoms with E-state index in [4.69, 9.17) is 28.6 Å². The van der Waals surface area contributed by atoms with Crippen molar-refractivity contribution in [2.75, 3.05) is 6.61 Å². The lowest BCUT2D eigenvalue weighted by atomic mass is 10.1. The van der Waals surface area contributed by atoms with Crippen LogP contribution < -0.4 is 20.9 Å². The fourth-order valence-electron chi connectivity index (χ4n) is 1.86. The van der Waals surface area contributed by atoms with Crippen molar-refractivity contribution in [3.05, 3.63) is 28.3 Å². The molecule has 1 aromatic carbocycles. The zero-order chi connectivity index (χ0) is 18.1. The molecular weight excluding hydrogens is 350 g/mol. The van der Waals surface area contributed by atoms with Gasteiger partial charge in [0.05, 0.1) is 0 Å². The smallest absolute Gasteiger partial charge is 0.276 e. The molecule has 0 bridgehead atoms. The maximum atomic E-state index is 11.7. The van der Waals surface area contributed by atoms with Gasteiger partial charge < -0.3 is 10.1 Å². The number of thiocarbonyl (C=S) groups is 1. The third-order valence-electron chi connectivity index (χ3n) is 3.11. The summed E-state index contributed by atoms with van der Waals surface area (Å²) in [5, 5.41) is 3.20. The van der Waals surface area contributed by atoms with E-state index >= 15 is 0 Å². The Morgan fingerprint density at radius 3 is 2.38 bits per heavy atom. The van der Waals surface area contributed by atoms with E-state index in [0.717, 1.165) is 24.0 Å². The van der Waals surface area contributed by atoms with Crippen LogP contribution in [0.4, 0.5) is 0 Å². The topological polar surface area (TPSA) is 79.5 Å². The first-order valence-corrected chi connectivity index (χ1v) is 8.40. The summed E-state index contributed by atoms with van der Waals surface area (Å²) in [4.78, 5) is 23.2. The molecular formula is C16H22ClN3O3S. The lowest BCUT2D eigenvalue weighted by Gasteiger charge is -2.12. The molecule has 1 rings (SSSR count). The van der Waals surface area contributed by atoms with Gasteiger partial charge in [0.25, 0.3) is 5.91 Å². The Labute approximate surface area is 152 Å². The number of aryl methyl sites for hydroxylation is 2. The monoisotopic (exact) mass is 371 g/mol. The summed E-state index contributed by atoms with van der Waals surface area (Å²) in [5.41, 5.74) is 6.57. The van der Waals surface area contributed by atoms with Gasteiger partial charge in [0, 0.05) is 11.4 Å². The highest BCUT2D eigenvalue weighted by Gasteiger charge is 2.08. The van der Waals surface area contributed by atoms with E-state index in [1.807, 2.05) is 20.8 Å². The van der Waals surface area contributed by atoms with Crippen LogP contribution in [0.25, 0.3) is 0 Å². The number of hydrazine groups is 1. The summed E-state index contributed by atoms with van der Waals surface area (Å²) < 4.78 is 5.41. The number of carbonyl (C=O) groups is 2. The Bertz CT molecular complexity index is 600. The van der Waals surface area contributed by atoms with Crippen molar-refractivity contribution in [2.45, 2.75) is 40.0 Å². The van der Waals surface area contributed by atoms with Crippen LogP contribution in [-0.4, -0.2) is 23.5 Å². The zero-order valence-electron chi connectivity index (χ0n) is 14.0. The molecule has 3 N–H and O–H groups in total. The molecule has 8 heteroatoms. The second-order valence-corrected chi connectivity index (χ2v) is 6.10. The molecule has 2 amide bonds. The van der Waals surface area contributed by atoms with Crippen molar-refractivity contribution in [3.63, 3.8) is 0 Å². The molecule has 0 radical (unpaired) electrons. The highest BCUT2D eigenvalue weighted by Crippen LogP contribution is 2.25. The lowest BCUT2D eigenvalue weighted by Crippen LogP contribution is -2.49. The maximum absolute atomic E-state index is 11.7. The van der Waals surface area contributed by atoms with E-state index < -0.39 is 5.91 Å². The summed E-state index contributed by atoms with van der Waals surface area (Å²) in [5.74, 6) is -0.0580. The van der Waals surface area contributed by atoms with Gasteiger partial charge in [-0.3, -0.25) is 20.4 Å². The molecule has 0 atom stereocenters. The van der Waals surface area contributed by atoms with Gasteiger partial charge in [0.1, 0.15) is 5.75 Å². The van der Waals surface area contributed by atoms with E-state index in [2.05, 4.69) is 16.2 Å². The predicted octanol–water partition coefficient (Wildman–Crippen LogP) is 2.55. The molecule has 132 valence electrons. The van der Waals surface area contributed by atoms with Crippen molar-refractivity contribution >= 4 is 40.7 Å². The van der Waals surface area contributed by atoms with Gasteiger partial charge in [-0.1, -0.05) is 24.9 Å². The molecule has 0 aliphatic heterocycles. The Morgan fingerprint density at radius 1 is 1.17 bits per heavy atom. The number of hydrogen-bond donors (Lipinski definition) is 3. The zero-order valence-corrected chi connectivity index (χ0v) is 15.6. The molecule has 1 aromatic rings. The van der Waals surface area contributed by atoms with E-state index in [0.29, 0.717) is 17.2 Å². The van der Waals surface area contributed by atoms with Crippen LogP contribution in [0.1, 0.15) is 37.3 Å². The van der Waals surface area contributed by atoms with Crippen molar-refractivity contribution in [2.24, 2.45) is 0 Å². The average molecular weight is 372 g/mol. The van der Waals surface area contributed by atoms with Gasteiger partial charge in [0.15, 0.2) is 11.7 Å². The number of carbonyl (C=O) groups excluding carboxylic acids is 2. The van der Waals surface area contributed by atoms with Crippen LogP contribution in [0, 0.1) is 13.8 Å². The third kappa shape index (κ3) is 7.14. The van der Waals surface area contributed by atoms with Crippen LogP contribution in [0.2, 0.25) is 5.02 Å². The van der Waals surface area contributed by atoms with E-state index in [1.165, 1.54) is 0 Å². The average Bonchev–Trinajstić information content (AvgIpc) is 2.53. The first kappa shape index (κ1) is 20.2. The highest BCUT2D eigenvalue weighted by molar-refractivity contribution is 7.80. The van der Waals surface area contributed by atoms with Gasteiger partial charge in [-0.15, -0.1) is 0 Å².